The summed E-state index contributed by atoms with van der Waals surface area (Å²) in [7, 11) is 0. The fraction of sp³-hybridized carbons (Fsp3) is 0.391. The first-order valence-electron chi connectivity index (χ1n) is 9.41. The van der Waals surface area contributed by atoms with Crippen molar-refractivity contribution in [2.45, 2.75) is 52.5 Å². The van der Waals surface area contributed by atoms with E-state index in [4.69, 9.17) is 0 Å². The Morgan fingerprint density at radius 1 is 0.963 bits per heavy atom. The molecule has 27 heavy (non-hydrogen) atoms. The van der Waals surface area contributed by atoms with Crippen molar-refractivity contribution in [3.8, 4) is 0 Å². The maximum Gasteiger partial charge on any atom is 0.251 e. The van der Waals surface area contributed by atoms with E-state index >= 15 is 0 Å². The number of carbonyl (C=O) groups excluding carboxylic acids is 2. The highest BCUT2D eigenvalue weighted by Gasteiger charge is 2.14. The van der Waals surface area contributed by atoms with Crippen molar-refractivity contribution in [2.24, 2.45) is 0 Å². The van der Waals surface area contributed by atoms with Gasteiger partial charge in [0.2, 0.25) is 5.91 Å². The lowest BCUT2D eigenvalue weighted by atomic mass is 9.87. The van der Waals surface area contributed by atoms with Gasteiger partial charge in [-0.25, -0.2) is 0 Å². The number of rotatable bonds is 6. The van der Waals surface area contributed by atoms with Gasteiger partial charge in [-0.15, -0.1) is 0 Å². The molecule has 2 rings (SSSR count). The van der Waals surface area contributed by atoms with Gasteiger partial charge in [-0.3, -0.25) is 9.59 Å². The normalized spacial score (nSPS) is 12.3. The third-order valence-corrected chi connectivity index (χ3v) is 4.61. The standard InChI is InChI=1S/C23H30N2O2/c1-16-6-8-18(9-7-16)17(2)25-21(26)14-15-24-22(27)19-10-12-20(13-11-19)23(3,4)5/h6-13,17H,14-15H2,1-5H3,(H,24,27)(H,25,26). The zero-order chi connectivity index (χ0) is 20.0. The molecule has 0 saturated carbocycles. The summed E-state index contributed by atoms with van der Waals surface area (Å²) >= 11 is 0. The third kappa shape index (κ3) is 6.24. The molecule has 4 nitrogen and oxygen atoms in total. The maximum absolute atomic E-state index is 12.2. The molecule has 2 aromatic carbocycles. The highest BCUT2D eigenvalue weighted by atomic mass is 16.2. The van der Waals surface area contributed by atoms with E-state index in [9.17, 15) is 9.59 Å². The Bertz CT molecular complexity index is 772. The molecular weight excluding hydrogens is 336 g/mol. The van der Waals surface area contributed by atoms with Crippen LogP contribution in [-0.2, 0) is 10.2 Å². The van der Waals surface area contributed by atoms with Crippen LogP contribution in [-0.4, -0.2) is 18.4 Å². The van der Waals surface area contributed by atoms with E-state index in [1.165, 1.54) is 11.1 Å². The lowest BCUT2D eigenvalue weighted by Gasteiger charge is -2.19. The second kappa shape index (κ2) is 8.85. The van der Waals surface area contributed by atoms with Crippen LogP contribution in [0.15, 0.2) is 48.5 Å². The molecule has 0 aliphatic heterocycles. The molecule has 0 spiro atoms. The molecule has 0 aliphatic rings. The highest BCUT2D eigenvalue weighted by molar-refractivity contribution is 5.94. The van der Waals surface area contributed by atoms with Gasteiger partial charge in [0.1, 0.15) is 0 Å². The van der Waals surface area contributed by atoms with Gasteiger partial charge in [0.05, 0.1) is 6.04 Å². The van der Waals surface area contributed by atoms with Crippen molar-refractivity contribution in [1.29, 1.82) is 0 Å². The minimum Gasteiger partial charge on any atom is -0.352 e. The van der Waals surface area contributed by atoms with Gasteiger partial charge >= 0.3 is 0 Å². The predicted octanol–water partition coefficient (Wildman–Crippen LogP) is 4.29. The summed E-state index contributed by atoms with van der Waals surface area (Å²) in [5.74, 6) is -0.235. The maximum atomic E-state index is 12.2. The van der Waals surface area contributed by atoms with Crippen LogP contribution in [0.1, 0.15) is 67.2 Å². The van der Waals surface area contributed by atoms with Gasteiger partial charge in [-0.2, -0.15) is 0 Å². The monoisotopic (exact) mass is 366 g/mol. The summed E-state index contributed by atoms with van der Waals surface area (Å²) in [5.41, 5.74) is 4.11. The number of carbonyl (C=O) groups is 2. The molecule has 0 radical (unpaired) electrons. The van der Waals surface area contributed by atoms with Gasteiger partial charge in [0.25, 0.3) is 5.91 Å². The van der Waals surface area contributed by atoms with Crippen molar-refractivity contribution in [1.82, 2.24) is 10.6 Å². The SMILES string of the molecule is Cc1ccc(C(C)NC(=O)CCNC(=O)c2ccc(C(C)(C)C)cc2)cc1. The van der Waals surface area contributed by atoms with E-state index in [2.05, 4.69) is 31.4 Å². The van der Waals surface area contributed by atoms with Gasteiger partial charge in [0, 0.05) is 18.5 Å². The zero-order valence-corrected chi connectivity index (χ0v) is 16.9. The van der Waals surface area contributed by atoms with E-state index in [0.717, 1.165) is 5.56 Å². The first-order chi connectivity index (χ1) is 12.7. The molecule has 2 N–H and O–H groups in total. The molecule has 0 aromatic heterocycles. The molecular formula is C23H30N2O2. The van der Waals surface area contributed by atoms with Crippen LogP contribution in [0.25, 0.3) is 0 Å². The number of aryl methyl sites for hydroxylation is 1. The number of nitrogens with one attached hydrogen (secondary N) is 2. The largest absolute Gasteiger partial charge is 0.352 e. The summed E-state index contributed by atoms with van der Waals surface area (Å²) < 4.78 is 0. The van der Waals surface area contributed by atoms with Crippen molar-refractivity contribution in [2.75, 3.05) is 6.54 Å². The van der Waals surface area contributed by atoms with Gasteiger partial charge in [0.15, 0.2) is 0 Å². The van der Waals surface area contributed by atoms with E-state index in [0.29, 0.717) is 12.1 Å². The van der Waals surface area contributed by atoms with Crippen LogP contribution in [0.3, 0.4) is 0 Å². The van der Waals surface area contributed by atoms with Gasteiger partial charge in [-0.05, 0) is 42.5 Å². The Hall–Kier alpha value is -2.62. The molecule has 2 amide bonds. The number of hydrogen-bond donors (Lipinski definition) is 2. The Balaban J connectivity index is 1.78. The Morgan fingerprint density at radius 2 is 1.56 bits per heavy atom. The third-order valence-electron chi connectivity index (χ3n) is 4.61. The van der Waals surface area contributed by atoms with Crippen LogP contribution < -0.4 is 10.6 Å². The van der Waals surface area contributed by atoms with Crippen molar-refractivity contribution in [3.05, 3.63) is 70.8 Å². The molecule has 2 aromatic rings. The molecule has 0 bridgehead atoms. The topological polar surface area (TPSA) is 58.2 Å². The molecule has 0 saturated heterocycles. The van der Waals surface area contributed by atoms with Crippen LogP contribution in [0.5, 0.6) is 0 Å². The second-order valence-electron chi connectivity index (χ2n) is 8.03. The Labute approximate surface area is 162 Å². The lowest BCUT2D eigenvalue weighted by molar-refractivity contribution is -0.121. The summed E-state index contributed by atoms with van der Waals surface area (Å²) in [6.07, 6.45) is 0.252. The minimum atomic E-state index is -0.158. The first kappa shape index (κ1) is 20.7. The molecule has 0 heterocycles. The predicted molar refractivity (Wildman–Crippen MR) is 110 cm³/mol. The zero-order valence-electron chi connectivity index (χ0n) is 16.9. The van der Waals surface area contributed by atoms with Crippen molar-refractivity contribution < 1.29 is 9.59 Å². The molecule has 1 atom stereocenters. The summed E-state index contributed by atoms with van der Waals surface area (Å²) in [6.45, 7) is 10.7. The van der Waals surface area contributed by atoms with Crippen molar-refractivity contribution in [3.63, 3.8) is 0 Å². The Kier molecular flexibility index (Phi) is 6.78. The molecule has 4 heteroatoms. The van der Waals surface area contributed by atoms with E-state index in [1.807, 2.05) is 62.4 Å². The summed E-state index contributed by atoms with van der Waals surface area (Å²) in [6, 6.07) is 15.7. The Morgan fingerprint density at radius 3 is 2.11 bits per heavy atom. The summed E-state index contributed by atoms with van der Waals surface area (Å²) in [4.78, 5) is 24.3. The second-order valence-corrected chi connectivity index (χ2v) is 8.03. The smallest absolute Gasteiger partial charge is 0.251 e. The average Bonchev–Trinajstić information content (AvgIpc) is 2.61. The first-order valence-corrected chi connectivity index (χ1v) is 9.41. The molecule has 0 fully saturated rings. The molecule has 144 valence electrons. The molecule has 1 unspecified atom stereocenters. The van der Waals surface area contributed by atoms with Gasteiger partial charge < -0.3 is 10.6 Å². The minimum absolute atomic E-state index is 0.0567. The fourth-order valence-corrected chi connectivity index (χ4v) is 2.77. The number of amides is 2. The average molecular weight is 367 g/mol. The van der Waals surface area contributed by atoms with E-state index in [1.54, 1.807) is 0 Å². The number of benzene rings is 2. The lowest BCUT2D eigenvalue weighted by Crippen LogP contribution is -2.32. The van der Waals surface area contributed by atoms with Crippen LogP contribution in [0, 0.1) is 6.92 Å². The van der Waals surface area contributed by atoms with Crippen LogP contribution in [0.2, 0.25) is 0 Å². The van der Waals surface area contributed by atoms with Crippen molar-refractivity contribution >= 4 is 11.8 Å². The van der Waals surface area contributed by atoms with E-state index in [-0.39, 0.29) is 29.7 Å². The van der Waals surface area contributed by atoms with Gasteiger partial charge in [-0.1, -0.05) is 62.7 Å². The molecule has 0 aliphatic carbocycles. The summed E-state index contributed by atoms with van der Waals surface area (Å²) in [5, 5.41) is 5.77. The quantitative estimate of drug-likeness (QED) is 0.801. The fourth-order valence-electron chi connectivity index (χ4n) is 2.77. The highest BCUT2D eigenvalue weighted by Crippen LogP contribution is 2.22. The number of hydrogen-bond acceptors (Lipinski definition) is 2. The van der Waals surface area contributed by atoms with Crippen LogP contribution >= 0.6 is 0 Å². The van der Waals surface area contributed by atoms with Crippen LogP contribution in [0.4, 0.5) is 0 Å². The van der Waals surface area contributed by atoms with E-state index < -0.39 is 0 Å².